The third-order valence-corrected chi connectivity index (χ3v) is 4.59. The summed E-state index contributed by atoms with van der Waals surface area (Å²) < 4.78 is 31.8. The molecule has 0 saturated heterocycles. The Hall–Kier alpha value is -2.10. The van der Waals surface area contributed by atoms with Crippen molar-refractivity contribution in [2.75, 3.05) is 32.0 Å². The summed E-state index contributed by atoms with van der Waals surface area (Å²) in [6.07, 6.45) is 0. The van der Waals surface area contributed by atoms with Crippen LogP contribution in [0.25, 0.3) is 5.69 Å². The lowest BCUT2D eigenvalue weighted by molar-refractivity contribution is 0.321. The van der Waals surface area contributed by atoms with E-state index in [-0.39, 0.29) is 10.5 Å². The predicted molar refractivity (Wildman–Crippen MR) is 99.2 cm³/mol. The van der Waals surface area contributed by atoms with E-state index >= 15 is 0 Å². The Morgan fingerprint density at radius 3 is 1.96 bits per heavy atom. The topological polar surface area (TPSA) is 107 Å². The molecule has 0 fully saturated rings. The van der Waals surface area contributed by atoms with Gasteiger partial charge in [0.25, 0.3) is 15.7 Å². The minimum absolute atomic E-state index is 0.223. The zero-order chi connectivity index (χ0) is 19.0. The molecule has 2 rings (SSSR count). The van der Waals surface area contributed by atoms with Gasteiger partial charge in [-0.05, 0) is 43.9 Å². The average Bonchev–Trinajstić information content (AvgIpc) is 2.97. The number of rotatable bonds is 6. The summed E-state index contributed by atoms with van der Waals surface area (Å²) in [4.78, 5) is 13.8. The molecule has 0 unspecified atom stereocenters. The molecule has 0 amide bonds. The fourth-order valence-electron chi connectivity index (χ4n) is 2.15. The second kappa shape index (κ2) is 9.40. The van der Waals surface area contributed by atoms with Crippen molar-refractivity contribution in [2.24, 2.45) is 0 Å². The summed E-state index contributed by atoms with van der Waals surface area (Å²) in [5.41, 5.74) is 0.188. The molecule has 0 saturated carbocycles. The molecule has 8 nitrogen and oxygen atoms in total. The molecule has 0 aliphatic rings. The van der Waals surface area contributed by atoms with Gasteiger partial charge < -0.3 is 10.2 Å². The van der Waals surface area contributed by atoms with Gasteiger partial charge in [-0.15, -0.1) is 0 Å². The van der Waals surface area contributed by atoms with E-state index in [1.165, 1.54) is 54.6 Å². The van der Waals surface area contributed by atoms with Gasteiger partial charge in [0, 0.05) is 13.1 Å². The molecular weight excluding hydrogens is 344 g/mol. The van der Waals surface area contributed by atoms with Gasteiger partial charge in [-0.25, -0.2) is 4.68 Å². The maximum Gasteiger partial charge on any atom is 0.294 e. The third-order valence-electron chi connectivity index (χ3n) is 3.72. The third kappa shape index (κ3) is 6.04. The number of hydrogen-bond acceptors (Lipinski definition) is 5. The lowest BCUT2D eigenvalue weighted by atomic mass is 10.3. The van der Waals surface area contributed by atoms with Crippen molar-refractivity contribution in [3.63, 3.8) is 0 Å². The van der Waals surface area contributed by atoms with E-state index in [4.69, 9.17) is 4.55 Å². The summed E-state index contributed by atoms with van der Waals surface area (Å²) in [6, 6.07) is 6.64. The first-order valence-corrected chi connectivity index (χ1v) is 9.50. The van der Waals surface area contributed by atoms with E-state index in [0.717, 1.165) is 0 Å². The Morgan fingerprint density at radius 2 is 1.64 bits per heavy atom. The Balaban J connectivity index is 0.000000381. The maximum absolute atomic E-state index is 11.6. The number of hydrogen-bond donors (Lipinski definition) is 3. The van der Waals surface area contributed by atoms with Crippen molar-refractivity contribution in [1.29, 1.82) is 0 Å². The molecule has 0 radical (unpaired) electrons. The Kier molecular flexibility index (Phi) is 7.88. The fourth-order valence-corrected chi connectivity index (χ4v) is 2.63. The van der Waals surface area contributed by atoms with Crippen LogP contribution in [0, 0.1) is 0 Å². The average molecular weight is 370 g/mol. The standard InChI is InChI=1S/C10H11N3O4S.C6H15N/c1-11-9-6-10(14)13(12-9)7-2-4-8(5-3-7)18(15,16)17;1-4-7(5-2)6-3/h2-6,11-12H,1H3,(H,15,16,17);4-6H2,1-3H3. The molecule has 25 heavy (non-hydrogen) atoms. The Labute approximate surface area is 148 Å². The molecule has 0 spiro atoms. The number of aromatic amines is 1. The summed E-state index contributed by atoms with van der Waals surface area (Å²) in [7, 11) is -2.56. The molecule has 1 aromatic carbocycles. The van der Waals surface area contributed by atoms with Crippen molar-refractivity contribution in [2.45, 2.75) is 25.7 Å². The highest BCUT2D eigenvalue weighted by Crippen LogP contribution is 2.12. The molecule has 9 heteroatoms. The van der Waals surface area contributed by atoms with E-state index < -0.39 is 10.1 Å². The van der Waals surface area contributed by atoms with Crippen LogP contribution in [0.2, 0.25) is 0 Å². The van der Waals surface area contributed by atoms with Crippen molar-refractivity contribution in [3.05, 3.63) is 40.7 Å². The number of anilines is 1. The first kappa shape index (κ1) is 20.9. The zero-order valence-corrected chi connectivity index (χ0v) is 15.8. The second-order valence-corrected chi connectivity index (χ2v) is 6.60. The van der Waals surface area contributed by atoms with Crippen LogP contribution < -0.4 is 10.9 Å². The molecular formula is C16H26N4O4S. The molecule has 0 atom stereocenters. The van der Waals surface area contributed by atoms with Gasteiger partial charge in [0.2, 0.25) is 0 Å². The van der Waals surface area contributed by atoms with Crippen LogP contribution in [0.3, 0.4) is 0 Å². The van der Waals surface area contributed by atoms with Crippen molar-refractivity contribution in [1.82, 2.24) is 14.7 Å². The summed E-state index contributed by atoms with van der Waals surface area (Å²) in [6.45, 7) is 10.1. The molecule has 2 aromatic rings. The van der Waals surface area contributed by atoms with E-state index in [1.807, 2.05) is 0 Å². The second-order valence-electron chi connectivity index (χ2n) is 5.18. The minimum Gasteiger partial charge on any atom is -0.373 e. The molecule has 1 heterocycles. The van der Waals surface area contributed by atoms with Gasteiger partial charge in [-0.2, -0.15) is 8.42 Å². The molecule has 0 aliphatic carbocycles. The van der Waals surface area contributed by atoms with Gasteiger partial charge in [-0.1, -0.05) is 20.8 Å². The largest absolute Gasteiger partial charge is 0.373 e. The van der Waals surface area contributed by atoms with Gasteiger partial charge in [0.1, 0.15) is 5.82 Å². The van der Waals surface area contributed by atoms with E-state index in [2.05, 4.69) is 36.1 Å². The number of aromatic nitrogens is 2. The van der Waals surface area contributed by atoms with E-state index in [9.17, 15) is 13.2 Å². The lowest BCUT2D eigenvalue weighted by Crippen LogP contribution is -2.21. The quantitative estimate of drug-likeness (QED) is 0.669. The Morgan fingerprint density at radius 1 is 1.12 bits per heavy atom. The molecule has 0 aliphatic heterocycles. The zero-order valence-electron chi connectivity index (χ0n) is 15.0. The maximum atomic E-state index is 11.6. The van der Waals surface area contributed by atoms with Gasteiger partial charge >= 0.3 is 0 Å². The number of benzene rings is 1. The first-order valence-electron chi connectivity index (χ1n) is 8.06. The minimum atomic E-state index is -4.22. The van der Waals surface area contributed by atoms with Gasteiger partial charge in [0.05, 0.1) is 10.6 Å². The normalized spacial score (nSPS) is 11.1. The van der Waals surface area contributed by atoms with Crippen LogP contribution in [-0.4, -0.2) is 54.3 Å². The molecule has 140 valence electrons. The SMILES string of the molecule is CCN(CC)CC.CNc1cc(=O)n(-c2ccc(S(=O)(=O)O)cc2)[nH]1. The van der Waals surface area contributed by atoms with E-state index in [1.54, 1.807) is 7.05 Å². The van der Waals surface area contributed by atoms with Crippen LogP contribution in [-0.2, 0) is 10.1 Å². The highest BCUT2D eigenvalue weighted by atomic mass is 32.2. The van der Waals surface area contributed by atoms with Crippen molar-refractivity contribution < 1.29 is 13.0 Å². The fraction of sp³-hybridized carbons (Fsp3) is 0.438. The highest BCUT2D eigenvalue weighted by molar-refractivity contribution is 7.85. The number of H-pyrrole nitrogens is 1. The summed E-state index contributed by atoms with van der Waals surface area (Å²) in [5, 5.41) is 5.57. The van der Waals surface area contributed by atoms with Gasteiger partial charge in [0.15, 0.2) is 0 Å². The number of nitrogens with zero attached hydrogens (tertiary/aromatic N) is 2. The predicted octanol–water partition coefficient (Wildman–Crippen LogP) is 1.80. The van der Waals surface area contributed by atoms with Crippen LogP contribution in [0.1, 0.15) is 20.8 Å². The first-order chi connectivity index (χ1) is 11.8. The van der Waals surface area contributed by atoms with Crippen LogP contribution in [0.15, 0.2) is 40.0 Å². The van der Waals surface area contributed by atoms with E-state index in [0.29, 0.717) is 11.5 Å². The number of nitrogens with one attached hydrogen (secondary N) is 2. The smallest absolute Gasteiger partial charge is 0.294 e. The van der Waals surface area contributed by atoms with Crippen LogP contribution in [0.4, 0.5) is 5.82 Å². The molecule has 1 aromatic heterocycles. The molecule has 0 bridgehead atoms. The molecule has 3 N–H and O–H groups in total. The van der Waals surface area contributed by atoms with Crippen molar-refractivity contribution >= 4 is 15.9 Å². The van der Waals surface area contributed by atoms with Gasteiger partial charge in [-0.3, -0.25) is 14.4 Å². The Bertz CT molecular complexity index is 800. The van der Waals surface area contributed by atoms with Crippen LogP contribution in [0.5, 0.6) is 0 Å². The lowest BCUT2D eigenvalue weighted by Gasteiger charge is -2.13. The van der Waals surface area contributed by atoms with Crippen molar-refractivity contribution in [3.8, 4) is 5.69 Å². The monoisotopic (exact) mass is 370 g/mol. The summed E-state index contributed by atoms with van der Waals surface area (Å²) >= 11 is 0. The highest BCUT2D eigenvalue weighted by Gasteiger charge is 2.10. The van der Waals surface area contributed by atoms with Crippen LogP contribution >= 0.6 is 0 Å². The summed E-state index contributed by atoms with van der Waals surface area (Å²) in [5.74, 6) is 0.541.